The van der Waals surface area contributed by atoms with Gasteiger partial charge in [-0.3, -0.25) is 14.5 Å². The van der Waals surface area contributed by atoms with Crippen molar-refractivity contribution in [3.05, 3.63) is 47.5 Å². The van der Waals surface area contributed by atoms with Gasteiger partial charge in [0.15, 0.2) is 11.5 Å². The van der Waals surface area contributed by atoms with Crippen molar-refractivity contribution in [1.29, 1.82) is 0 Å². The number of para-hydroxylation sites is 1. The van der Waals surface area contributed by atoms with Gasteiger partial charge in [-0.2, -0.15) is 0 Å². The summed E-state index contributed by atoms with van der Waals surface area (Å²) in [5.41, 5.74) is 7.42. The molecule has 2 aliphatic heterocycles. The molecular formula is C30H41N3O7. The zero-order valence-electron chi connectivity index (χ0n) is 23.6. The molecule has 2 aromatic rings. The topological polar surface area (TPSA) is 124 Å². The third-order valence-electron chi connectivity index (χ3n) is 7.87. The van der Waals surface area contributed by atoms with Crippen molar-refractivity contribution in [1.82, 2.24) is 9.80 Å². The second kappa shape index (κ2) is 13.7. The number of fused-ring (bicyclic) bond motifs is 1. The number of hydrogen-bond acceptors (Lipinski definition) is 8. The van der Waals surface area contributed by atoms with E-state index < -0.39 is 23.8 Å². The summed E-state index contributed by atoms with van der Waals surface area (Å²) in [5.74, 6) is 0.123. The molecule has 0 radical (unpaired) electrons. The number of nitrogens with zero attached hydrogens (tertiary/aromatic N) is 2. The predicted octanol–water partition coefficient (Wildman–Crippen LogP) is 3.12. The third kappa shape index (κ3) is 6.45. The molecule has 0 spiro atoms. The van der Waals surface area contributed by atoms with Crippen molar-refractivity contribution < 1.29 is 33.6 Å². The van der Waals surface area contributed by atoms with Crippen LogP contribution in [0.15, 0.2) is 36.4 Å². The number of hydrogen-bond donors (Lipinski definition) is 2. The number of benzene rings is 2. The maximum atomic E-state index is 13.6. The van der Waals surface area contributed by atoms with Gasteiger partial charge in [-0.1, -0.05) is 31.5 Å². The molecule has 3 unspecified atom stereocenters. The number of ether oxygens (including phenoxy) is 4. The van der Waals surface area contributed by atoms with Gasteiger partial charge in [0, 0.05) is 31.6 Å². The molecule has 0 saturated carbocycles. The fourth-order valence-electron chi connectivity index (χ4n) is 5.81. The largest absolute Gasteiger partial charge is 0.496 e. The molecular weight excluding hydrogens is 514 g/mol. The SMILES string of the molecule is CCCCN(CCCN)C(=O)CN1CC(c2cc(OC)c3c(c2)OCO3)C(C(=O)O)C1Cc1ccccc1OC. The minimum atomic E-state index is -0.914. The van der Waals surface area contributed by atoms with E-state index in [1.807, 2.05) is 46.2 Å². The van der Waals surface area contributed by atoms with Gasteiger partial charge in [-0.15, -0.1) is 0 Å². The molecule has 2 aliphatic rings. The highest BCUT2D eigenvalue weighted by atomic mass is 16.7. The monoisotopic (exact) mass is 555 g/mol. The van der Waals surface area contributed by atoms with Gasteiger partial charge < -0.3 is 34.7 Å². The van der Waals surface area contributed by atoms with Crippen LogP contribution in [-0.2, 0) is 16.0 Å². The number of carboxylic acids is 1. The molecule has 4 rings (SSSR count). The van der Waals surface area contributed by atoms with E-state index >= 15 is 0 Å². The third-order valence-corrected chi connectivity index (χ3v) is 7.87. The van der Waals surface area contributed by atoms with E-state index in [9.17, 15) is 14.7 Å². The summed E-state index contributed by atoms with van der Waals surface area (Å²) in [4.78, 5) is 30.4. The first-order valence-electron chi connectivity index (χ1n) is 14.0. The van der Waals surface area contributed by atoms with E-state index in [4.69, 9.17) is 24.7 Å². The van der Waals surface area contributed by atoms with E-state index in [1.54, 1.807) is 14.2 Å². The Morgan fingerprint density at radius 3 is 2.55 bits per heavy atom. The fourth-order valence-corrected chi connectivity index (χ4v) is 5.81. The molecule has 1 saturated heterocycles. The van der Waals surface area contributed by atoms with Gasteiger partial charge in [-0.05, 0) is 55.1 Å². The molecule has 2 aromatic carbocycles. The lowest BCUT2D eigenvalue weighted by Crippen LogP contribution is -2.45. The average molecular weight is 556 g/mol. The van der Waals surface area contributed by atoms with E-state index in [0.29, 0.717) is 55.6 Å². The standard InChI is InChI=1S/C30H41N3O7/c1-4-5-12-32(13-8-11-31)27(34)18-33-17-22(21-15-25(38-3)29-26(16-21)39-19-40-29)28(30(35)36)23(33)14-20-9-6-7-10-24(20)37-2/h6-7,9-10,15-16,22-23,28H,4-5,8,11-14,17-19,31H2,1-3H3,(H,35,36). The molecule has 40 heavy (non-hydrogen) atoms. The van der Waals surface area contributed by atoms with Gasteiger partial charge >= 0.3 is 5.97 Å². The zero-order chi connectivity index (χ0) is 28.6. The number of aliphatic carboxylic acids is 1. The zero-order valence-corrected chi connectivity index (χ0v) is 23.6. The number of methoxy groups -OCH3 is 2. The smallest absolute Gasteiger partial charge is 0.308 e. The van der Waals surface area contributed by atoms with E-state index in [0.717, 1.165) is 30.4 Å². The van der Waals surface area contributed by atoms with Crippen LogP contribution < -0.4 is 24.7 Å². The van der Waals surface area contributed by atoms with Crippen LogP contribution >= 0.6 is 0 Å². The van der Waals surface area contributed by atoms with Gasteiger partial charge in [0.25, 0.3) is 0 Å². The van der Waals surface area contributed by atoms with Crippen molar-refractivity contribution >= 4 is 11.9 Å². The summed E-state index contributed by atoms with van der Waals surface area (Å²) in [6.45, 7) is 4.44. The molecule has 10 nitrogen and oxygen atoms in total. The Morgan fingerprint density at radius 1 is 1.10 bits per heavy atom. The molecule has 0 aliphatic carbocycles. The van der Waals surface area contributed by atoms with Crippen LogP contribution in [0.5, 0.6) is 23.0 Å². The molecule has 2 heterocycles. The molecule has 1 fully saturated rings. The summed E-state index contributed by atoms with van der Waals surface area (Å²) in [7, 11) is 3.15. The Morgan fingerprint density at radius 2 is 1.85 bits per heavy atom. The number of likely N-dealkylation sites (tertiary alicyclic amines) is 1. The van der Waals surface area contributed by atoms with Crippen molar-refractivity contribution in [3.63, 3.8) is 0 Å². The van der Waals surface area contributed by atoms with Gasteiger partial charge in [0.2, 0.25) is 18.4 Å². The van der Waals surface area contributed by atoms with Crippen LogP contribution in [0.25, 0.3) is 0 Å². The van der Waals surface area contributed by atoms with Gasteiger partial charge in [0.05, 0.1) is 26.7 Å². The Labute approximate surface area is 235 Å². The molecule has 10 heteroatoms. The van der Waals surface area contributed by atoms with Crippen molar-refractivity contribution in [3.8, 4) is 23.0 Å². The Bertz CT molecular complexity index is 1170. The first-order chi connectivity index (χ1) is 19.4. The first kappa shape index (κ1) is 29.5. The van der Waals surface area contributed by atoms with Crippen LogP contribution in [0.1, 0.15) is 43.2 Å². The second-order valence-corrected chi connectivity index (χ2v) is 10.3. The molecule has 0 aromatic heterocycles. The number of carbonyl (C=O) groups excluding carboxylic acids is 1. The summed E-state index contributed by atoms with van der Waals surface area (Å²) in [5, 5.41) is 10.6. The highest BCUT2D eigenvalue weighted by Gasteiger charge is 2.48. The number of rotatable bonds is 14. The minimum Gasteiger partial charge on any atom is -0.496 e. The maximum Gasteiger partial charge on any atom is 0.308 e. The lowest BCUT2D eigenvalue weighted by atomic mass is 9.83. The molecule has 3 atom stereocenters. The van der Waals surface area contributed by atoms with Gasteiger partial charge in [-0.25, -0.2) is 0 Å². The maximum absolute atomic E-state index is 13.6. The summed E-state index contributed by atoms with van der Waals surface area (Å²) in [6.07, 6.45) is 3.02. The molecule has 218 valence electrons. The van der Waals surface area contributed by atoms with Crippen LogP contribution in [0.3, 0.4) is 0 Å². The summed E-state index contributed by atoms with van der Waals surface area (Å²) in [6, 6.07) is 10.8. The van der Waals surface area contributed by atoms with Crippen LogP contribution in [0, 0.1) is 5.92 Å². The second-order valence-electron chi connectivity index (χ2n) is 10.3. The molecule has 3 N–H and O–H groups in total. The van der Waals surface area contributed by atoms with Crippen LogP contribution in [-0.4, -0.2) is 86.6 Å². The normalized spacial score (nSPS) is 19.9. The minimum absolute atomic E-state index is 0.0139. The highest BCUT2D eigenvalue weighted by Crippen LogP contribution is 2.47. The number of unbranched alkanes of at least 4 members (excludes halogenated alkanes) is 1. The number of nitrogens with two attached hydrogens (primary N) is 1. The number of amides is 1. The van der Waals surface area contributed by atoms with E-state index in [-0.39, 0.29) is 19.2 Å². The summed E-state index contributed by atoms with van der Waals surface area (Å²) < 4.78 is 22.3. The molecule has 1 amide bonds. The van der Waals surface area contributed by atoms with E-state index in [2.05, 4.69) is 6.92 Å². The lowest BCUT2D eigenvalue weighted by Gasteiger charge is -2.30. The first-order valence-corrected chi connectivity index (χ1v) is 14.0. The fraction of sp³-hybridized carbons (Fsp3) is 0.533. The van der Waals surface area contributed by atoms with Crippen LogP contribution in [0.2, 0.25) is 0 Å². The Balaban J connectivity index is 1.70. The lowest BCUT2D eigenvalue weighted by molar-refractivity contribution is -0.143. The number of carboxylic acid groups (broad SMARTS) is 1. The van der Waals surface area contributed by atoms with Crippen molar-refractivity contribution in [2.75, 3.05) is 53.7 Å². The van der Waals surface area contributed by atoms with Crippen LogP contribution in [0.4, 0.5) is 0 Å². The highest BCUT2D eigenvalue weighted by molar-refractivity contribution is 5.79. The van der Waals surface area contributed by atoms with Gasteiger partial charge in [0.1, 0.15) is 5.75 Å². The Kier molecular flexibility index (Phi) is 10.1. The van der Waals surface area contributed by atoms with Crippen molar-refractivity contribution in [2.45, 2.75) is 44.6 Å². The summed E-state index contributed by atoms with van der Waals surface area (Å²) >= 11 is 0. The van der Waals surface area contributed by atoms with Crippen molar-refractivity contribution in [2.24, 2.45) is 11.7 Å². The average Bonchev–Trinajstić information content (AvgIpc) is 3.57. The number of carbonyl (C=O) groups is 2. The molecule has 0 bridgehead atoms. The predicted molar refractivity (Wildman–Crippen MR) is 150 cm³/mol. The Hall–Kier alpha value is -3.50. The quantitative estimate of drug-likeness (QED) is 0.362. The van der Waals surface area contributed by atoms with E-state index in [1.165, 1.54) is 0 Å².